The minimum atomic E-state index is 0.904. The summed E-state index contributed by atoms with van der Waals surface area (Å²) >= 11 is 0. The molecule has 104 valence electrons. The van der Waals surface area contributed by atoms with E-state index in [-0.39, 0.29) is 0 Å². The monoisotopic (exact) mass is 244 g/mol. The van der Waals surface area contributed by atoms with Gasteiger partial charge in [0.25, 0.3) is 0 Å². The molecule has 3 heteroatoms. The number of hydrogen-bond donors (Lipinski definition) is 0. The van der Waals surface area contributed by atoms with Gasteiger partial charge in [0.15, 0.2) is 0 Å². The molecule has 1 aliphatic heterocycles. The number of hydrogen-bond acceptors (Lipinski definition) is 3. The van der Waals surface area contributed by atoms with Crippen LogP contribution in [0.2, 0.25) is 0 Å². The summed E-state index contributed by atoms with van der Waals surface area (Å²) in [5.41, 5.74) is 0. The molecule has 1 aliphatic rings. The maximum Gasteiger partial charge on any atom is 0.0593 e. The van der Waals surface area contributed by atoms with E-state index in [1.54, 1.807) is 0 Å². The molecule has 1 saturated heterocycles. The van der Waals surface area contributed by atoms with Gasteiger partial charge < -0.3 is 9.64 Å². The Morgan fingerprint density at radius 2 is 1.29 bits per heavy atom. The van der Waals surface area contributed by atoms with Crippen molar-refractivity contribution in [3.05, 3.63) is 0 Å². The minimum absolute atomic E-state index is 0.904. The first-order valence-corrected chi connectivity index (χ1v) is 7.39. The fourth-order valence-electron chi connectivity index (χ4n) is 1.99. The van der Waals surface area contributed by atoms with Crippen molar-refractivity contribution in [3.63, 3.8) is 0 Å². The van der Waals surface area contributed by atoms with E-state index < -0.39 is 0 Å². The van der Waals surface area contributed by atoms with Gasteiger partial charge >= 0.3 is 0 Å². The first-order chi connectivity index (χ1) is 8.36. The van der Waals surface area contributed by atoms with E-state index in [0.717, 1.165) is 26.2 Å². The lowest BCUT2D eigenvalue weighted by Crippen LogP contribution is -2.47. The SMILES string of the molecule is CC.CCCOCCN1CCN(CCC)CC1. The summed E-state index contributed by atoms with van der Waals surface area (Å²) in [6.07, 6.45) is 2.41. The molecule has 0 aromatic rings. The third-order valence-corrected chi connectivity index (χ3v) is 2.91. The maximum absolute atomic E-state index is 5.50. The van der Waals surface area contributed by atoms with Crippen molar-refractivity contribution < 1.29 is 4.74 Å². The van der Waals surface area contributed by atoms with Crippen molar-refractivity contribution >= 4 is 0 Å². The van der Waals surface area contributed by atoms with Gasteiger partial charge in [0.1, 0.15) is 0 Å². The van der Waals surface area contributed by atoms with Gasteiger partial charge in [-0.25, -0.2) is 0 Å². The van der Waals surface area contributed by atoms with E-state index in [1.165, 1.54) is 39.1 Å². The second kappa shape index (κ2) is 12.3. The van der Waals surface area contributed by atoms with Crippen LogP contribution in [0.4, 0.5) is 0 Å². The van der Waals surface area contributed by atoms with Gasteiger partial charge in [0, 0.05) is 39.3 Å². The van der Waals surface area contributed by atoms with E-state index in [9.17, 15) is 0 Å². The number of rotatable bonds is 7. The zero-order valence-electron chi connectivity index (χ0n) is 12.4. The lowest BCUT2D eigenvalue weighted by molar-refractivity contribution is 0.0759. The molecule has 1 rings (SSSR count). The number of piperazine rings is 1. The molecule has 0 aromatic heterocycles. The lowest BCUT2D eigenvalue weighted by atomic mass is 10.3. The molecule has 0 radical (unpaired) electrons. The molecule has 17 heavy (non-hydrogen) atoms. The van der Waals surface area contributed by atoms with Gasteiger partial charge in [0.05, 0.1) is 6.61 Å². The van der Waals surface area contributed by atoms with Crippen LogP contribution in [0.3, 0.4) is 0 Å². The van der Waals surface area contributed by atoms with Crippen molar-refractivity contribution in [2.75, 3.05) is 52.5 Å². The van der Waals surface area contributed by atoms with Crippen LogP contribution >= 0.6 is 0 Å². The van der Waals surface area contributed by atoms with Crippen LogP contribution < -0.4 is 0 Å². The maximum atomic E-state index is 5.50. The largest absolute Gasteiger partial charge is 0.380 e. The molecule has 1 fully saturated rings. The third kappa shape index (κ3) is 8.58. The lowest BCUT2D eigenvalue weighted by Gasteiger charge is -2.34. The Hall–Kier alpha value is -0.120. The van der Waals surface area contributed by atoms with E-state index in [0.29, 0.717) is 0 Å². The van der Waals surface area contributed by atoms with E-state index >= 15 is 0 Å². The molecule has 0 atom stereocenters. The summed E-state index contributed by atoms with van der Waals surface area (Å²) in [6, 6.07) is 0. The van der Waals surface area contributed by atoms with Crippen LogP contribution in [0.15, 0.2) is 0 Å². The Labute approximate surface area is 108 Å². The van der Waals surface area contributed by atoms with Crippen LogP contribution in [0.1, 0.15) is 40.5 Å². The van der Waals surface area contributed by atoms with Crippen molar-refractivity contribution in [1.82, 2.24) is 9.80 Å². The highest BCUT2D eigenvalue weighted by Crippen LogP contribution is 2.01. The van der Waals surface area contributed by atoms with Crippen molar-refractivity contribution in [1.29, 1.82) is 0 Å². The third-order valence-electron chi connectivity index (χ3n) is 2.91. The molecule has 0 aliphatic carbocycles. The molecule has 0 spiro atoms. The highest BCUT2D eigenvalue weighted by atomic mass is 16.5. The summed E-state index contributed by atoms with van der Waals surface area (Å²) in [5, 5.41) is 0. The fraction of sp³-hybridized carbons (Fsp3) is 1.00. The van der Waals surface area contributed by atoms with Crippen molar-refractivity contribution in [2.24, 2.45) is 0 Å². The average molecular weight is 244 g/mol. The van der Waals surface area contributed by atoms with Crippen LogP contribution in [-0.2, 0) is 4.74 Å². The predicted octanol–water partition coefficient (Wildman–Crippen LogP) is 2.47. The standard InChI is InChI=1S/C12H26N2O.C2H6/c1-3-5-13-6-8-14(9-7-13)10-12-15-11-4-2;1-2/h3-12H2,1-2H3;1-2H3. The zero-order chi connectivity index (χ0) is 12.9. The molecular formula is C14H32N2O. The van der Waals surface area contributed by atoms with Gasteiger partial charge in [-0.15, -0.1) is 0 Å². The summed E-state index contributed by atoms with van der Waals surface area (Å²) in [5.74, 6) is 0. The van der Waals surface area contributed by atoms with Crippen molar-refractivity contribution in [2.45, 2.75) is 40.5 Å². The van der Waals surface area contributed by atoms with Crippen LogP contribution in [0.25, 0.3) is 0 Å². The van der Waals surface area contributed by atoms with Gasteiger partial charge in [0.2, 0.25) is 0 Å². The van der Waals surface area contributed by atoms with E-state index in [2.05, 4.69) is 23.6 Å². The van der Waals surface area contributed by atoms with Gasteiger partial charge in [-0.3, -0.25) is 4.90 Å². The normalized spacial score (nSPS) is 17.6. The van der Waals surface area contributed by atoms with Gasteiger partial charge in [-0.2, -0.15) is 0 Å². The summed E-state index contributed by atoms with van der Waals surface area (Å²) in [4.78, 5) is 5.07. The first kappa shape index (κ1) is 16.9. The molecule has 0 N–H and O–H groups in total. The number of ether oxygens (including phenoxy) is 1. The second-order valence-corrected chi connectivity index (χ2v) is 4.30. The Balaban J connectivity index is 0.00000121. The molecule has 1 heterocycles. The van der Waals surface area contributed by atoms with Crippen LogP contribution in [0, 0.1) is 0 Å². The molecule has 0 saturated carbocycles. The Morgan fingerprint density at radius 3 is 1.76 bits per heavy atom. The topological polar surface area (TPSA) is 15.7 Å². The molecule has 0 unspecified atom stereocenters. The predicted molar refractivity (Wildman–Crippen MR) is 75.6 cm³/mol. The van der Waals surface area contributed by atoms with Gasteiger partial charge in [-0.05, 0) is 19.4 Å². The van der Waals surface area contributed by atoms with Crippen molar-refractivity contribution in [3.8, 4) is 0 Å². The Bertz CT molecular complexity index is 142. The quantitative estimate of drug-likeness (QED) is 0.640. The summed E-state index contributed by atoms with van der Waals surface area (Å²) < 4.78 is 5.50. The average Bonchev–Trinajstić information content (AvgIpc) is 2.39. The highest BCUT2D eigenvalue weighted by molar-refractivity contribution is 4.71. The first-order valence-electron chi connectivity index (χ1n) is 7.39. The Kier molecular flexibility index (Phi) is 12.3. The van der Waals surface area contributed by atoms with E-state index in [4.69, 9.17) is 4.74 Å². The molecule has 0 amide bonds. The van der Waals surface area contributed by atoms with E-state index in [1.807, 2.05) is 13.8 Å². The second-order valence-electron chi connectivity index (χ2n) is 4.30. The summed E-state index contributed by atoms with van der Waals surface area (Å²) in [7, 11) is 0. The molecule has 0 aromatic carbocycles. The van der Waals surface area contributed by atoms with Gasteiger partial charge in [-0.1, -0.05) is 27.7 Å². The summed E-state index contributed by atoms with van der Waals surface area (Å²) in [6.45, 7) is 17.5. The minimum Gasteiger partial charge on any atom is -0.380 e. The molecular weight excluding hydrogens is 212 g/mol. The molecule has 3 nitrogen and oxygen atoms in total. The van der Waals surface area contributed by atoms with Crippen LogP contribution in [0.5, 0.6) is 0 Å². The van der Waals surface area contributed by atoms with Crippen LogP contribution in [-0.4, -0.2) is 62.3 Å². The molecule has 0 bridgehead atoms. The number of nitrogens with zero attached hydrogens (tertiary/aromatic N) is 2. The Morgan fingerprint density at radius 1 is 0.765 bits per heavy atom. The highest BCUT2D eigenvalue weighted by Gasteiger charge is 2.15. The zero-order valence-corrected chi connectivity index (χ0v) is 12.4. The fourth-order valence-corrected chi connectivity index (χ4v) is 1.99. The smallest absolute Gasteiger partial charge is 0.0593 e.